The molecule has 0 fully saturated rings. The molecule has 0 aromatic heterocycles. The maximum absolute atomic E-state index is 11.7. The van der Waals surface area contributed by atoms with Gasteiger partial charge in [0.05, 0.1) is 6.42 Å². The lowest BCUT2D eigenvalue weighted by molar-refractivity contribution is -0.168. The Bertz CT molecular complexity index is 457. The third kappa shape index (κ3) is 4.06. The minimum Gasteiger partial charge on any atom is -0.479 e. The van der Waals surface area contributed by atoms with Gasteiger partial charge in [0.2, 0.25) is 0 Å². The summed E-state index contributed by atoms with van der Waals surface area (Å²) in [5, 5.41) is 9.15. The summed E-state index contributed by atoms with van der Waals surface area (Å²) >= 11 is 0. The Morgan fingerprint density at radius 1 is 1.30 bits per heavy atom. The van der Waals surface area contributed by atoms with Crippen molar-refractivity contribution in [2.24, 2.45) is 5.92 Å². The van der Waals surface area contributed by atoms with E-state index in [1.807, 2.05) is 30.3 Å². The largest absolute Gasteiger partial charge is 0.479 e. The molecular weight excluding hydrogens is 260 g/mol. The highest BCUT2D eigenvalue weighted by Crippen LogP contribution is 2.25. The van der Waals surface area contributed by atoms with Gasteiger partial charge in [0.15, 0.2) is 5.60 Å². The number of aliphatic carboxylic acids is 1. The fourth-order valence-corrected chi connectivity index (χ4v) is 1.74. The molecule has 0 aliphatic heterocycles. The molecule has 1 N–H and O–H groups in total. The maximum atomic E-state index is 11.7. The van der Waals surface area contributed by atoms with Crippen molar-refractivity contribution < 1.29 is 24.2 Å². The first-order valence-electron chi connectivity index (χ1n) is 6.38. The lowest BCUT2D eigenvalue weighted by Crippen LogP contribution is -2.44. The molecule has 0 spiro atoms. The van der Waals surface area contributed by atoms with E-state index in [-0.39, 0.29) is 13.0 Å². The molecule has 0 aliphatic rings. The fourth-order valence-electron chi connectivity index (χ4n) is 1.74. The minimum absolute atomic E-state index is 0.0104. The van der Waals surface area contributed by atoms with E-state index >= 15 is 0 Å². The molecule has 1 aromatic rings. The Labute approximate surface area is 118 Å². The van der Waals surface area contributed by atoms with E-state index in [1.54, 1.807) is 6.92 Å². The molecule has 0 unspecified atom stereocenters. The van der Waals surface area contributed by atoms with Crippen LogP contribution in [-0.2, 0) is 25.7 Å². The predicted molar refractivity (Wildman–Crippen MR) is 73.1 cm³/mol. The fraction of sp³-hybridized carbons (Fsp3) is 0.467. The third-order valence-corrected chi connectivity index (χ3v) is 3.50. The van der Waals surface area contributed by atoms with Crippen LogP contribution in [0.5, 0.6) is 0 Å². The summed E-state index contributed by atoms with van der Waals surface area (Å²) < 4.78 is 10.1. The SMILES string of the molecule is CO[C@@](C)(C(=O)O)[C@H](C)CC(=O)OCc1ccccc1. The van der Waals surface area contributed by atoms with Crippen molar-refractivity contribution in [3.8, 4) is 0 Å². The first-order valence-corrected chi connectivity index (χ1v) is 6.38. The number of carboxylic acids is 1. The molecule has 2 atom stereocenters. The lowest BCUT2D eigenvalue weighted by atomic mass is 9.88. The van der Waals surface area contributed by atoms with Crippen molar-refractivity contribution in [1.29, 1.82) is 0 Å². The third-order valence-electron chi connectivity index (χ3n) is 3.50. The molecular formula is C15H20O5. The van der Waals surface area contributed by atoms with Crippen LogP contribution >= 0.6 is 0 Å². The summed E-state index contributed by atoms with van der Waals surface area (Å²) in [6.45, 7) is 3.29. The van der Waals surface area contributed by atoms with Crippen LogP contribution in [0.3, 0.4) is 0 Å². The zero-order valence-corrected chi connectivity index (χ0v) is 12.0. The molecule has 0 amide bonds. The number of carboxylic acid groups (broad SMARTS) is 1. The molecule has 110 valence electrons. The zero-order chi connectivity index (χ0) is 15.2. The van der Waals surface area contributed by atoms with Crippen LogP contribution in [0.4, 0.5) is 0 Å². The molecule has 5 heteroatoms. The number of hydrogen-bond acceptors (Lipinski definition) is 4. The number of ether oxygens (including phenoxy) is 2. The molecule has 0 radical (unpaired) electrons. The van der Waals surface area contributed by atoms with E-state index in [9.17, 15) is 9.59 Å². The molecule has 5 nitrogen and oxygen atoms in total. The smallest absolute Gasteiger partial charge is 0.335 e. The maximum Gasteiger partial charge on any atom is 0.335 e. The molecule has 0 saturated heterocycles. The van der Waals surface area contributed by atoms with Gasteiger partial charge in [0.25, 0.3) is 0 Å². The first kappa shape index (κ1) is 16.2. The Morgan fingerprint density at radius 2 is 1.90 bits per heavy atom. The number of rotatable bonds is 7. The second-order valence-electron chi connectivity index (χ2n) is 4.87. The van der Waals surface area contributed by atoms with Gasteiger partial charge in [-0.05, 0) is 12.5 Å². The minimum atomic E-state index is -1.40. The lowest BCUT2D eigenvalue weighted by Gasteiger charge is -2.29. The van der Waals surface area contributed by atoms with E-state index < -0.39 is 23.5 Å². The summed E-state index contributed by atoms with van der Waals surface area (Å²) in [5.41, 5.74) is -0.507. The molecule has 20 heavy (non-hydrogen) atoms. The van der Waals surface area contributed by atoms with Crippen LogP contribution in [0.25, 0.3) is 0 Å². The van der Waals surface area contributed by atoms with Crippen LogP contribution < -0.4 is 0 Å². The van der Waals surface area contributed by atoms with Crippen molar-refractivity contribution in [2.45, 2.75) is 32.5 Å². The normalized spacial score (nSPS) is 15.2. The standard InChI is InChI=1S/C15H20O5/c1-11(15(2,19-3)14(17)18)9-13(16)20-10-12-7-5-4-6-8-12/h4-8,11H,9-10H2,1-3H3,(H,17,18)/t11-,15-/m1/s1. The highest BCUT2D eigenvalue weighted by Gasteiger charge is 2.40. The number of esters is 1. The average molecular weight is 280 g/mol. The van der Waals surface area contributed by atoms with Gasteiger partial charge in [-0.1, -0.05) is 37.3 Å². The predicted octanol–water partition coefficient (Wildman–Crippen LogP) is 2.25. The zero-order valence-electron chi connectivity index (χ0n) is 12.0. The quantitative estimate of drug-likeness (QED) is 0.775. The number of hydrogen-bond donors (Lipinski definition) is 1. The molecule has 0 bridgehead atoms. The number of carbonyl (C=O) groups excluding carboxylic acids is 1. The molecule has 0 saturated carbocycles. The first-order chi connectivity index (χ1) is 9.40. The summed E-state index contributed by atoms with van der Waals surface area (Å²) in [5.74, 6) is -2.03. The molecule has 1 aromatic carbocycles. The van der Waals surface area contributed by atoms with E-state index in [0.29, 0.717) is 0 Å². The Morgan fingerprint density at radius 3 is 2.40 bits per heavy atom. The highest BCUT2D eigenvalue weighted by atomic mass is 16.5. The van der Waals surface area contributed by atoms with Gasteiger partial charge in [-0.2, -0.15) is 0 Å². The van der Waals surface area contributed by atoms with Crippen molar-refractivity contribution in [1.82, 2.24) is 0 Å². The number of carbonyl (C=O) groups is 2. The summed E-state index contributed by atoms with van der Waals surface area (Å²) in [4.78, 5) is 22.9. The van der Waals surface area contributed by atoms with E-state index in [0.717, 1.165) is 5.56 Å². The van der Waals surface area contributed by atoms with Crippen LogP contribution in [0, 0.1) is 5.92 Å². The monoisotopic (exact) mass is 280 g/mol. The van der Waals surface area contributed by atoms with Crippen LogP contribution in [-0.4, -0.2) is 29.8 Å². The van der Waals surface area contributed by atoms with E-state index in [4.69, 9.17) is 14.6 Å². The Balaban J connectivity index is 2.52. The van der Waals surface area contributed by atoms with Gasteiger partial charge >= 0.3 is 11.9 Å². The molecule has 1 rings (SSSR count). The van der Waals surface area contributed by atoms with Crippen molar-refractivity contribution in [2.75, 3.05) is 7.11 Å². The van der Waals surface area contributed by atoms with Crippen LogP contribution in [0.15, 0.2) is 30.3 Å². The second kappa shape index (κ2) is 7.05. The highest BCUT2D eigenvalue weighted by molar-refractivity contribution is 5.79. The van der Waals surface area contributed by atoms with Crippen molar-refractivity contribution in [3.63, 3.8) is 0 Å². The number of methoxy groups -OCH3 is 1. The second-order valence-corrected chi connectivity index (χ2v) is 4.87. The van der Waals surface area contributed by atoms with Gasteiger partial charge in [0.1, 0.15) is 6.61 Å². The van der Waals surface area contributed by atoms with Gasteiger partial charge in [-0.15, -0.1) is 0 Å². The van der Waals surface area contributed by atoms with E-state index in [2.05, 4.69) is 0 Å². The topological polar surface area (TPSA) is 72.8 Å². The number of benzene rings is 1. The van der Waals surface area contributed by atoms with Gasteiger partial charge < -0.3 is 14.6 Å². The van der Waals surface area contributed by atoms with Crippen LogP contribution in [0.2, 0.25) is 0 Å². The average Bonchev–Trinajstić information content (AvgIpc) is 2.45. The van der Waals surface area contributed by atoms with E-state index in [1.165, 1.54) is 14.0 Å². The Hall–Kier alpha value is -1.88. The summed E-state index contributed by atoms with van der Waals surface area (Å²) in [6, 6.07) is 9.31. The van der Waals surface area contributed by atoms with Gasteiger partial charge in [-0.3, -0.25) is 4.79 Å². The Kier molecular flexibility index (Phi) is 5.70. The summed E-state index contributed by atoms with van der Waals surface area (Å²) in [7, 11) is 1.32. The van der Waals surface area contributed by atoms with Crippen molar-refractivity contribution in [3.05, 3.63) is 35.9 Å². The van der Waals surface area contributed by atoms with Gasteiger partial charge in [-0.25, -0.2) is 4.79 Å². The van der Waals surface area contributed by atoms with Crippen LogP contribution in [0.1, 0.15) is 25.8 Å². The molecule has 0 aliphatic carbocycles. The van der Waals surface area contributed by atoms with Crippen molar-refractivity contribution >= 4 is 11.9 Å². The molecule has 0 heterocycles. The summed E-state index contributed by atoms with van der Waals surface area (Å²) in [6.07, 6.45) is -0.0104. The van der Waals surface area contributed by atoms with Gasteiger partial charge in [0, 0.05) is 13.0 Å².